The molecule has 0 saturated carbocycles. The minimum Gasteiger partial charge on any atom is -0.282 e. The van der Waals surface area contributed by atoms with Crippen LogP contribution in [0.15, 0.2) is 11.5 Å². The SMILES string of the molecule is CCCCCCCCCCCCCCCC/C=C/S(=O)(=O)O. The third kappa shape index (κ3) is 19.7. The molecular formula is C18H36O3S. The molecule has 0 aliphatic carbocycles. The molecule has 0 unspecified atom stereocenters. The van der Waals surface area contributed by atoms with E-state index in [1.54, 1.807) is 0 Å². The zero-order valence-corrected chi connectivity index (χ0v) is 15.2. The lowest BCUT2D eigenvalue weighted by molar-refractivity contribution is 0.494. The van der Waals surface area contributed by atoms with E-state index < -0.39 is 10.1 Å². The van der Waals surface area contributed by atoms with Gasteiger partial charge in [0, 0.05) is 0 Å². The lowest BCUT2D eigenvalue weighted by atomic mass is 10.0. The third-order valence-electron chi connectivity index (χ3n) is 3.99. The van der Waals surface area contributed by atoms with Crippen LogP contribution in [0.3, 0.4) is 0 Å². The standard InChI is InChI=1S/C18H36O3S/c1-2-3-4-5-6-7-8-9-10-11-12-13-14-15-16-17-18-22(19,20)21/h17-18H,2-16H2,1H3,(H,19,20,21)/b18-17+. The van der Waals surface area contributed by atoms with Crippen molar-refractivity contribution in [3.8, 4) is 0 Å². The monoisotopic (exact) mass is 332 g/mol. The van der Waals surface area contributed by atoms with Gasteiger partial charge in [-0.3, -0.25) is 4.55 Å². The van der Waals surface area contributed by atoms with Gasteiger partial charge in [-0.1, -0.05) is 96.5 Å². The minimum absolute atomic E-state index is 0.734. The zero-order valence-electron chi connectivity index (χ0n) is 14.4. The molecule has 4 heteroatoms. The molecule has 0 amide bonds. The first kappa shape index (κ1) is 21.6. The Morgan fingerprint density at radius 3 is 1.41 bits per heavy atom. The van der Waals surface area contributed by atoms with E-state index in [0.29, 0.717) is 0 Å². The summed E-state index contributed by atoms with van der Waals surface area (Å²) in [4.78, 5) is 0. The molecule has 0 bridgehead atoms. The van der Waals surface area contributed by atoms with Crippen molar-refractivity contribution < 1.29 is 13.0 Å². The van der Waals surface area contributed by atoms with Crippen LogP contribution >= 0.6 is 0 Å². The van der Waals surface area contributed by atoms with Crippen LogP contribution in [0.4, 0.5) is 0 Å². The molecule has 0 radical (unpaired) electrons. The van der Waals surface area contributed by atoms with Gasteiger partial charge in [0.1, 0.15) is 0 Å². The average molecular weight is 333 g/mol. The molecule has 3 nitrogen and oxygen atoms in total. The Labute approximate surface area is 138 Å². The van der Waals surface area contributed by atoms with Crippen LogP contribution < -0.4 is 0 Å². The van der Waals surface area contributed by atoms with Gasteiger partial charge in [-0.2, -0.15) is 8.42 Å². The Morgan fingerprint density at radius 1 is 0.682 bits per heavy atom. The highest BCUT2D eigenvalue weighted by molar-refractivity contribution is 7.88. The molecule has 1 N–H and O–H groups in total. The highest BCUT2D eigenvalue weighted by Crippen LogP contribution is 2.13. The summed E-state index contributed by atoms with van der Waals surface area (Å²) < 4.78 is 29.4. The zero-order chi connectivity index (χ0) is 16.5. The van der Waals surface area contributed by atoms with Crippen molar-refractivity contribution in [2.45, 2.75) is 103 Å². The number of unbranched alkanes of at least 4 members (excludes halogenated alkanes) is 14. The Kier molecular flexibility index (Phi) is 15.3. The van der Waals surface area contributed by atoms with Gasteiger partial charge < -0.3 is 0 Å². The fraction of sp³-hybridized carbons (Fsp3) is 0.889. The first-order valence-electron chi connectivity index (χ1n) is 9.20. The molecule has 0 rings (SSSR count). The van der Waals surface area contributed by atoms with Crippen molar-refractivity contribution in [2.24, 2.45) is 0 Å². The molecule has 0 spiro atoms. The van der Waals surface area contributed by atoms with E-state index in [9.17, 15) is 8.42 Å². The summed E-state index contributed by atoms with van der Waals surface area (Å²) in [7, 11) is -3.92. The third-order valence-corrected chi connectivity index (χ3v) is 4.53. The average Bonchev–Trinajstić information content (AvgIpc) is 2.45. The molecular weight excluding hydrogens is 296 g/mol. The van der Waals surface area contributed by atoms with E-state index in [0.717, 1.165) is 24.7 Å². The maximum absolute atomic E-state index is 10.4. The molecule has 22 heavy (non-hydrogen) atoms. The van der Waals surface area contributed by atoms with Gasteiger partial charge in [-0.05, 0) is 12.8 Å². The molecule has 0 atom stereocenters. The summed E-state index contributed by atoms with van der Waals surface area (Å²) in [5.41, 5.74) is 0. The second-order valence-corrected chi connectivity index (χ2v) is 7.57. The lowest BCUT2D eigenvalue weighted by Gasteiger charge is -2.02. The maximum Gasteiger partial charge on any atom is 0.287 e. The maximum atomic E-state index is 10.4. The van der Waals surface area contributed by atoms with Gasteiger partial charge in [0.15, 0.2) is 0 Å². The minimum atomic E-state index is -3.92. The largest absolute Gasteiger partial charge is 0.287 e. The molecule has 132 valence electrons. The fourth-order valence-corrected chi connectivity index (χ4v) is 3.03. The number of rotatable bonds is 16. The Bertz CT molecular complexity index is 347. The summed E-state index contributed by atoms with van der Waals surface area (Å²) in [5.74, 6) is 0. The molecule has 0 heterocycles. The summed E-state index contributed by atoms with van der Waals surface area (Å²) >= 11 is 0. The molecule has 0 aromatic carbocycles. The fourth-order valence-electron chi connectivity index (χ4n) is 2.65. The number of hydrogen-bond acceptors (Lipinski definition) is 2. The van der Waals surface area contributed by atoms with Gasteiger partial charge in [0.2, 0.25) is 0 Å². The summed E-state index contributed by atoms with van der Waals surface area (Å²) in [6.07, 6.45) is 20.8. The second-order valence-electron chi connectivity index (χ2n) is 6.27. The highest BCUT2D eigenvalue weighted by Gasteiger charge is 1.95. The normalized spacial score (nSPS) is 12.3. The van der Waals surface area contributed by atoms with Gasteiger partial charge >= 0.3 is 0 Å². The first-order chi connectivity index (χ1) is 10.6. The Hall–Kier alpha value is -0.350. The van der Waals surface area contributed by atoms with E-state index in [-0.39, 0.29) is 0 Å². The van der Waals surface area contributed by atoms with Crippen LogP contribution in [0.25, 0.3) is 0 Å². The van der Waals surface area contributed by atoms with Crippen molar-refractivity contribution in [1.29, 1.82) is 0 Å². The Morgan fingerprint density at radius 2 is 1.05 bits per heavy atom. The van der Waals surface area contributed by atoms with Crippen LogP contribution in [-0.2, 0) is 10.1 Å². The predicted molar refractivity (Wildman–Crippen MR) is 95.6 cm³/mol. The number of allylic oxidation sites excluding steroid dienone is 1. The summed E-state index contributed by atoms with van der Waals surface area (Å²) in [6.45, 7) is 2.26. The lowest BCUT2D eigenvalue weighted by Crippen LogP contribution is -1.89. The van der Waals surface area contributed by atoms with Crippen molar-refractivity contribution >= 4 is 10.1 Å². The van der Waals surface area contributed by atoms with Gasteiger partial charge in [0.05, 0.1) is 5.41 Å². The van der Waals surface area contributed by atoms with Gasteiger partial charge in [-0.15, -0.1) is 0 Å². The van der Waals surface area contributed by atoms with Gasteiger partial charge in [0.25, 0.3) is 10.1 Å². The predicted octanol–water partition coefficient (Wildman–Crippen LogP) is 6.26. The van der Waals surface area contributed by atoms with Crippen LogP contribution in [0.2, 0.25) is 0 Å². The quantitative estimate of drug-likeness (QED) is 0.268. The first-order valence-corrected chi connectivity index (χ1v) is 10.7. The molecule has 0 saturated heterocycles. The second kappa shape index (κ2) is 15.5. The molecule has 0 aliphatic heterocycles. The van der Waals surface area contributed by atoms with Gasteiger partial charge in [-0.25, -0.2) is 0 Å². The van der Waals surface area contributed by atoms with Crippen LogP contribution in [-0.4, -0.2) is 13.0 Å². The van der Waals surface area contributed by atoms with Crippen molar-refractivity contribution in [3.05, 3.63) is 11.5 Å². The number of hydrogen-bond donors (Lipinski definition) is 1. The van der Waals surface area contributed by atoms with E-state index in [1.165, 1.54) is 83.1 Å². The highest BCUT2D eigenvalue weighted by atomic mass is 32.2. The van der Waals surface area contributed by atoms with E-state index in [2.05, 4.69) is 6.92 Å². The van der Waals surface area contributed by atoms with Crippen molar-refractivity contribution in [2.75, 3.05) is 0 Å². The topological polar surface area (TPSA) is 54.4 Å². The van der Waals surface area contributed by atoms with E-state index >= 15 is 0 Å². The van der Waals surface area contributed by atoms with Crippen molar-refractivity contribution in [3.63, 3.8) is 0 Å². The van der Waals surface area contributed by atoms with Crippen LogP contribution in [0.1, 0.15) is 103 Å². The summed E-state index contributed by atoms with van der Waals surface area (Å²) in [5, 5.41) is 0.884. The molecule has 0 aromatic rings. The van der Waals surface area contributed by atoms with E-state index in [1.807, 2.05) is 0 Å². The smallest absolute Gasteiger partial charge is 0.282 e. The summed E-state index contributed by atoms with van der Waals surface area (Å²) in [6, 6.07) is 0. The Balaban J connectivity index is 3.10. The van der Waals surface area contributed by atoms with Crippen LogP contribution in [0.5, 0.6) is 0 Å². The van der Waals surface area contributed by atoms with Crippen molar-refractivity contribution in [1.82, 2.24) is 0 Å². The van der Waals surface area contributed by atoms with Crippen LogP contribution in [0, 0.1) is 0 Å². The molecule has 0 aromatic heterocycles. The molecule has 0 aliphatic rings. The van der Waals surface area contributed by atoms with E-state index in [4.69, 9.17) is 4.55 Å². The molecule has 0 fully saturated rings.